The van der Waals surface area contributed by atoms with Crippen molar-refractivity contribution < 1.29 is 9.53 Å². The van der Waals surface area contributed by atoms with Gasteiger partial charge in [-0.25, -0.2) is 4.98 Å². The van der Waals surface area contributed by atoms with E-state index in [9.17, 15) is 4.79 Å². The van der Waals surface area contributed by atoms with E-state index in [0.717, 1.165) is 16.6 Å². The zero-order valence-corrected chi connectivity index (χ0v) is 12.1. The molecule has 0 saturated carbocycles. The highest BCUT2D eigenvalue weighted by molar-refractivity contribution is 7.99. The number of anilines is 1. The summed E-state index contributed by atoms with van der Waals surface area (Å²) in [5.41, 5.74) is 0.969. The number of nitrogens with one attached hydrogen (secondary N) is 1. The molecule has 18 heavy (non-hydrogen) atoms. The van der Waals surface area contributed by atoms with Crippen LogP contribution in [-0.2, 0) is 16.0 Å². The van der Waals surface area contributed by atoms with Gasteiger partial charge in [-0.1, -0.05) is 0 Å². The Labute approximate surface area is 116 Å². The third kappa shape index (κ3) is 4.17. The van der Waals surface area contributed by atoms with Gasteiger partial charge in [0, 0.05) is 23.6 Å². The van der Waals surface area contributed by atoms with Crippen molar-refractivity contribution >= 4 is 34.2 Å². The van der Waals surface area contributed by atoms with Gasteiger partial charge in [-0.2, -0.15) is 11.8 Å². The average Bonchev–Trinajstić information content (AvgIpc) is 2.85. The lowest BCUT2D eigenvalue weighted by Gasteiger charge is -2.21. The number of thioether (sulfide) groups is 1. The molecule has 0 amide bonds. The Morgan fingerprint density at radius 3 is 3.28 bits per heavy atom. The minimum absolute atomic E-state index is 0.179. The van der Waals surface area contributed by atoms with Crippen molar-refractivity contribution in [3.05, 3.63) is 11.1 Å². The Morgan fingerprint density at radius 2 is 2.56 bits per heavy atom. The van der Waals surface area contributed by atoms with E-state index in [1.807, 2.05) is 17.1 Å². The standard InChI is InChI=1S/C12H18N2O2S2/c1-16-11(15)5-4-10-8-18-12(14-10)13-9-3-2-6-17-7-9/h8-9H,2-7H2,1H3,(H,13,14). The number of nitrogens with zero attached hydrogens (tertiary/aromatic N) is 1. The lowest BCUT2D eigenvalue weighted by atomic mass is 10.2. The van der Waals surface area contributed by atoms with Crippen molar-refractivity contribution in [2.24, 2.45) is 0 Å². The second-order valence-corrected chi connectivity index (χ2v) is 6.29. The molecule has 1 aliphatic rings. The van der Waals surface area contributed by atoms with Gasteiger partial charge in [-0.05, 0) is 18.6 Å². The van der Waals surface area contributed by atoms with E-state index in [2.05, 4.69) is 15.0 Å². The summed E-state index contributed by atoms with van der Waals surface area (Å²) in [6, 6.07) is 0.545. The molecule has 1 unspecified atom stereocenters. The summed E-state index contributed by atoms with van der Waals surface area (Å²) >= 11 is 3.62. The molecule has 0 radical (unpaired) electrons. The predicted octanol–water partition coefficient (Wildman–Crippen LogP) is 2.56. The maximum Gasteiger partial charge on any atom is 0.305 e. The maximum absolute atomic E-state index is 11.0. The van der Waals surface area contributed by atoms with Crippen LogP contribution in [0.3, 0.4) is 0 Å². The van der Waals surface area contributed by atoms with Crippen LogP contribution >= 0.6 is 23.1 Å². The second kappa shape index (κ2) is 6.99. The van der Waals surface area contributed by atoms with Crippen LogP contribution in [0.15, 0.2) is 5.38 Å². The van der Waals surface area contributed by atoms with Gasteiger partial charge in [-0.15, -0.1) is 11.3 Å². The van der Waals surface area contributed by atoms with E-state index in [1.165, 1.54) is 25.7 Å². The summed E-state index contributed by atoms with van der Waals surface area (Å²) in [5.74, 6) is 2.26. The Bertz CT molecular complexity index is 389. The van der Waals surface area contributed by atoms with Gasteiger partial charge in [-0.3, -0.25) is 4.79 Å². The first-order chi connectivity index (χ1) is 8.78. The average molecular weight is 286 g/mol. The van der Waals surface area contributed by atoms with Gasteiger partial charge in [0.05, 0.1) is 19.2 Å². The van der Waals surface area contributed by atoms with Crippen molar-refractivity contribution in [1.29, 1.82) is 0 Å². The molecule has 1 aromatic rings. The van der Waals surface area contributed by atoms with E-state index >= 15 is 0 Å². The summed E-state index contributed by atoms with van der Waals surface area (Å²) in [5, 5.41) is 6.46. The number of thiazole rings is 1. The van der Waals surface area contributed by atoms with Gasteiger partial charge in [0.2, 0.25) is 0 Å². The molecular weight excluding hydrogens is 268 g/mol. The highest BCUT2D eigenvalue weighted by Crippen LogP contribution is 2.23. The van der Waals surface area contributed by atoms with E-state index in [-0.39, 0.29) is 5.97 Å². The molecule has 1 atom stereocenters. The Balaban J connectivity index is 1.80. The van der Waals surface area contributed by atoms with E-state index in [4.69, 9.17) is 0 Å². The number of ether oxygens (including phenoxy) is 1. The number of carbonyl (C=O) groups excluding carboxylic acids is 1. The molecule has 6 heteroatoms. The van der Waals surface area contributed by atoms with Crippen LogP contribution in [0.5, 0.6) is 0 Å². The minimum Gasteiger partial charge on any atom is -0.469 e. The zero-order valence-electron chi connectivity index (χ0n) is 10.5. The fourth-order valence-electron chi connectivity index (χ4n) is 1.85. The number of esters is 1. The van der Waals surface area contributed by atoms with Crippen molar-refractivity contribution in [3.8, 4) is 0 Å². The molecule has 1 saturated heterocycles. The normalized spacial score (nSPS) is 19.5. The number of methoxy groups -OCH3 is 1. The highest BCUT2D eigenvalue weighted by Gasteiger charge is 2.15. The molecule has 0 bridgehead atoms. The lowest BCUT2D eigenvalue weighted by molar-refractivity contribution is -0.140. The Morgan fingerprint density at radius 1 is 1.67 bits per heavy atom. The molecule has 1 N–H and O–H groups in total. The molecule has 0 aromatic carbocycles. The van der Waals surface area contributed by atoms with E-state index in [0.29, 0.717) is 18.9 Å². The van der Waals surface area contributed by atoms with Crippen LogP contribution in [0, 0.1) is 0 Å². The highest BCUT2D eigenvalue weighted by atomic mass is 32.2. The molecule has 2 rings (SSSR count). The summed E-state index contributed by atoms with van der Waals surface area (Å²) < 4.78 is 4.62. The van der Waals surface area contributed by atoms with E-state index < -0.39 is 0 Å². The molecule has 4 nitrogen and oxygen atoms in total. The maximum atomic E-state index is 11.0. The summed E-state index contributed by atoms with van der Waals surface area (Å²) in [4.78, 5) is 15.5. The van der Waals surface area contributed by atoms with Gasteiger partial charge >= 0.3 is 5.97 Å². The zero-order chi connectivity index (χ0) is 12.8. The molecule has 0 aliphatic carbocycles. The first kappa shape index (κ1) is 13.7. The van der Waals surface area contributed by atoms with Crippen LogP contribution in [0.25, 0.3) is 0 Å². The number of aromatic nitrogens is 1. The fourth-order valence-corrected chi connectivity index (χ4v) is 3.74. The molecule has 2 heterocycles. The van der Waals surface area contributed by atoms with Crippen LogP contribution in [-0.4, -0.2) is 35.6 Å². The summed E-state index contributed by atoms with van der Waals surface area (Å²) in [7, 11) is 1.41. The van der Waals surface area contributed by atoms with Crippen molar-refractivity contribution in [1.82, 2.24) is 4.98 Å². The number of hydrogen-bond acceptors (Lipinski definition) is 6. The van der Waals surface area contributed by atoms with Crippen molar-refractivity contribution in [2.75, 3.05) is 23.9 Å². The van der Waals surface area contributed by atoms with Crippen LogP contribution in [0.2, 0.25) is 0 Å². The molecule has 100 valence electrons. The van der Waals surface area contributed by atoms with E-state index in [1.54, 1.807) is 11.3 Å². The number of hydrogen-bond donors (Lipinski definition) is 1. The molecule has 1 aromatic heterocycles. The molecular formula is C12H18N2O2S2. The summed E-state index contributed by atoms with van der Waals surface area (Å²) in [6.07, 6.45) is 3.57. The topological polar surface area (TPSA) is 51.2 Å². The van der Waals surface area contributed by atoms with Crippen LogP contribution < -0.4 is 5.32 Å². The summed E-state index contributed by atoms with van der Waals surface area (Å²) in [6.45, 7) is 0. The predicted molar refractivity (Wildman–Crippen MR) is 76.4 cm³/mol. The number of rotatable bonds is 5. The first-order valence-electron chi connectivity index (χ1n) is 6.13. The third-order valence-corrected chi connectivity index (χ3v) is 4.89. The second-order valence-electron chi connectivity index (χ2n) is 4.28. The van der Waals surface area contributed by atoms with Crippen LogP contribution in [0.4, 0.5) is 5.13 Å². The van der Waals surface area contributed by atoms with Gasteiger partial charge in [0.1, 0.15) is 0 Å². The fraction of sp³-hybridized carbons (Fsp3) is 0.667. The number of carbonyl (C=O) groups is 1. The number of aryl methyl sites for hydroxylation is 1. The quantitative estimate of drug-likeness (QED) is 0.843. The first-order valence-corrected chi connectivity index (χ1v) is 8.17. The Kier molecular flexibility index (Phi) is 5.31. The van der Waals surface area contributed by atoms with Crippen molar-refractivity contribution in [2.45, 2.75) is 31.7 Å². The molecule has 1 fully saturated rings. The SMILES string of the molecule is COC(=O)CCc1csc(NC2CCCSC2)n1. The monoisotopic (exact) mass is 286 g/mol. The largest absolute Gasteiger partial charge is 0.469 e. The smallest absolute Gasteiger partial charge is 0.305 e. The third-order valence-electron chi connectivity index (χ3n) is 2.85. The van der Waals surface area contributed by atoms with Gasteiger partial charge < -0.3 is 10.1 Å². The Hall–Kier alpha value is -0.750. The minimum atomic E-state index is -0.179. The van der Waals surface area contributed by atoms with Crippen LogP contribution in [0.1, 0.15) is 25.0 Å². The molecule has 1 aliphatic heterocycles. The van der Waals surface area contributed by atoms with Gasteiger partial charge in [0.25, 0.3) is 0 Å². The molecule has 0 spiro atoms. The lowest BCUT2D eigenvalue weighted by Crippen LogP contribution is -2.25. The van der Waals surface area contributed by atoms with Gasteiger partial charge in [0.15, 0.2) is 5.13 Å². The van der Waals surface area contributed by atoms with Crippen molar-refractivity contribution in [3.63, 3.8) is 0 Å².